The van der Waals surface area contributed by atoms with Crippen molar-refractivity contribution in [3.05, 3.63) is 28.2 Å². The molecule has 0 fully saturated rings. The molecule has 19 heavy (non-hydrogen) atoms. The number of fused-ring (bicyclic) bond motifs is 1. The molecule has 0 unspecified atom stereocenters. The number of hydrogen-bond acceptors (Lipinski definition) is 5. The normalized spacial score (nSPS) is 10.6. The number of nitrogens with zero attached hydrogens (tertiary/aromatic N) is 3. The Bertz CT molecular complexity index is 693. The van der Waals surface area contributed by atoms with Crippen molar-refractivity contribution in [3.63, 3.8) is 0 Å². The Kier molecular flexibility index (Phi) is 3.46. The van der Waals surface area contributed by atoms with E-state index in [0.717, 1.165) is 0 Å². The maximum absolute atomic E-state index is 12.0. The van der Waals surface area contributed by atoms with Crippen LogP contribution in [0.15, 0.2) is 17.2 Å². The van der Waals surface area contributed by atoms with Crippen LogP contribution in [0.25, 0.3) is 11.0 Å². The maximum Gasteiger partial charge on any atom is 0.341 e. The van der Waals surface area contributed by atoms with Crippen LogP contribution in [0.3, 0.4) is 0 Å². The number of carboxylic acids is 1. The van der Waals surface area contributed by atoms with E-state index in [1.807, 2.05) is 6.92 Å². The van der Waals surface area contributed by atoms with Crippen LogP contribution in [-0.2, 0) is 6.54 Å². The number of hydrogen-bond donors (Lipinski definition) is 1. The number of aromatic nitrogens is 3. The molecule has 2 heterocycles. The molecule has 0 aliphatic heterocycles. The number of aromatic carboxylic acids is 1. The number of carbonyl (C=O) groups is 1. The molecule has 2 aromatic heterocycles. The number of pyridine rings is 1. The number of ether oxygens (including phenoxy) is 1. The van der Waals surface area contributed by atoms with Crippen molar-refractivity contribution in [2.45, 2.75) is 20.4 Å². The van der Waals surface area contributed by atoms with Crippen molar-refractivity contribution in [2.75, 3.05) is 6.61 Å². The van der Waals surface area contributed by atoms with Crippen molar-refractivity contribution in [1.29, 1.82) is 0 Å². The standard InChI is InChI=1S/C12H13N3O4/c1-3-15-6-8(11(17)18)9(16)7-5-13-12(19-4-2)14-10(7)15/h5-6H,3-4H2,1-2H3,(H,17,18). The van der Waals surface area contributed by atoms with E-state index in [4.69, 9.17) is 9.84 Å². The van der Waals surface area contributed by atoms with Gasteiger partial charge in [-0.3, -0.25) is 4.79 Å². The van der Waals surface area contributed by atoms with Crippen LogP contribution in [0.2, 0.25) is 0 Å². The Labute approximate surface area is 108 Å². The molecule has 2 rings (SSSR count). The van der Waals surface area contributed by atoms with Crippen LogP contribution < -0.4 is 10.2 Å². The van der Waals surface area contributed by atoms with Crippen LogP contribution in [-0.4, -0.2) is 32.2 Å². The van der Waals surface area contributed by atoms with Crippen molar-refractivity contribution in [3.8, 4) is 6.01 Å². The summed E-state index contributed by atoms with van der Waals surface area (Å²) < 4.78 is 6.76. The molecule has 0 spiro atoms. The summed E-state index contributed by atoms with van der Waals surface area (Å²) in [5.41, 5.74) is -0.506. The van der Waals surface area contributed by atoms with Crippen molar-refractivity contribution >= 4 is 17.0 Å². The van der Waals surface area contributed by atoms with Crippen LogP contribution in [0.5, 0.6) is 6.01 Å². The van der Waals surface area contributed by atoms with E-state index in [0.29, 0.717) is 18.8 Å². The van der Waals surface area contributed by atoms with E-state index >= 15 is 0 Å². The molecule has 100 valence electrons. The van der Waals surface area contributed by atoms with Gasteiger partial charge in [-0.05, 0) is 13.8 Å². The largest absolute Gasteiger partial charge is 0.477 e. The highest BCUT2D eigenvalue weighted by molar-refractivity contribution is 5.91. The first kappa shape index (κ1) is 13.0. The van der Waals surface area contributed by atoms with Gasteiger partial charge in [0.25, 0.3) is 0 Å². The summed E-state index contributed by atoms with van der Waals surface area (Å²) in [6, 6.07) is 0.166. The predicted molar refractivity (Wildman–Crippen MR) is 67.6 cm³/mol. The first-order valence-corrected chi connectivity index (χ1v) is 5.84. The number of carboxylic acid groups (broad SMARTS) is 1. The lowest BCUT2D eigenvalue weighted by atomic mass is 10.2. The Hall–Kier alpha value is -2.44. The Morgan fingerprint density at radius 1 is 1.47 bits per heavy atom. The molecule has 1 N–H and O–H groups in total. The summed E-state index contributed by atoms with van der Waals surface area (Å²) in [6.07, 6.45) is 2.59. The molecule has 0 aliphatic carbocycles. The lowest BCUT2D eigenvalue weighted by Crippen LogP contribution is -2.19. The Morgan fingerprint density at radius 3 is 2.79 bits per heavy atom. The van der Waals surface area contributed by atoms with E-state index in [1.165, 1.54) is 12.4 Å². The third-order valence-electron chi connectivity index (χ3n) is 2.64. The zero-order valence-corrected chi connectivity index (χ0v) is 10.6. The lowest BCUT2D eigenvalue weighted by molar-refractivity contribution is 0.0695. The first-order chi connectivity index (χ1) is 9.08. The molecule has 0 saturated carbocycles. The molecule has 0 bridgehead atoms. The molecule has 0 amide bonds. The van der Waals surface area contributed by atoms with Gasteiger partial charge < -0.3 is 14.4 Å². The fraction of sp³-hybridized carbons (Fsp3) is 0.333. The second kappa shape index (κ2) is 5.05. The van der Waals surface area contributed by atoms with E-state index in [1.54, 1.807) is 11.5 Å². The molecule has 0 aromatic carbocycles. The van der Waals surface area contributed by atoms with E-state index in [9.17, 15) is 9.59 Å². The van der Waals surface area contributed by atoms with Gasteiger partial charge >= 0.3 is 12.0 Å². The summed E-state index contributed by atoms with van der Waals surface area (Å²) in [6.45, 7) is 4.53. The molecular formula is C12H13N3O4. The lowest BCUT2D eigenvalue weighted by Gasteiger charge is -2.09. The average molecular weight is 263 g/mol. The van der Waals surface area contributed by atoms with Crippen LogP contribution in [0.4, 0.5) is 0 Å². The quantitative estimate of drug-likeness (QED) is 0.881. The Balaban J connectivity index is 2.78. The summed E-state index contributed by atoms with van der Waals surface area (Å²) >= 11 is 0. The van der Waals surface area contributed by atoms with Crippen molar-refractivity contribution in [1.82, 2.24) is 14.5 Å². The first-order valence-electron chi connectivity index (χ1n) is 5.84. The molecule has 7 nitrogen and oxygen atoms in total. The summed E-state index contributed by atoms with van der Waals surface area (Å²) in [4.78, 5) is 31.0. The summed E-state index contributed by atoms with van der Waals surface area (Å²) in [7, 11) is 0. The van der Waals surface area contributed by atoms with Gasteiger partial charge in [-0.25, -0.2) is 9.78 Å². The second-order valence-corrected chi connectivity index (χ2v) is 3.79. The average Bonchev–Trinajstić information content (AvgIpc) is 2.39. The SMILES string of the molecule is CCOc1ncc2c(=O)c(C(=O)O)cn(CC)c2n1. The maximum atomic E-state index is 12.0. The van der Waals surface area contributed by atoms with Gasteiger partial charge in [0.2, 0.25) is 5.43 Å². The van der Waals surface area contributed by atoms with E-state index in [-0.39, 0.29) is 17.0 Å². The molecule has 0 saturated heterocycles. The minimum absolute atomic E-state index is 0.166. The summed E-state index contributed by atoms with van der Waals surface area (Å²) in [5, 5.41) is 9.18. The summed E-state index contributed by atoms with van der Waals surface area (Å²) in [5.74, 6) is -1.26. The highest BCUT2D eigenvalue weighted by atomic mass is 16.5. The smallest absolute Gasteiger partial charge is 0.341 e. The highest BCUT2D eigenvalue weighted by Gasteiger charge is 2.15. The third-order valence-corrected chi connectivity index (χ3v) is 2.64. The number of rotatable bonds is 4. The number of aryl methyl sites for hydroxylation is 1. The zero-order valence-electron chi connectivity index (χ0n) is 10.6. The fourth-order valence-corrected chi connectivity index (χ4v) is 1.75. The van der Waals surface area contributed by atoms with Gasteiger partial charge in [0.05, 0.1) is 12.0 Å². The van der Waals surface area contributed by atoms with E-state index < -0.39 is 11.4 Å². The monoisotopic (exact) mass is 263 g/mol. The van der Waals surface area contributed by atoms with Gasteiger partial charge in [0.15, 0.2) is 5.65 Å². The molecule has 0 aliphatic rings. The van der Waals surface area contributed by atoms with Crippen LogP contribution >= 0.6 is 0 Å². The second-order valence-electron chi connectivity index (χ2n) is 3.79. The van der Waals surface area contributed by atoms with Gasteiger partial charge in [-0.15, -0.1) is 0 Å². The molecule has 0 radical (unpaired) electrons. The van der Waals surface area contributed by atoms with Crippen LogP contribution in [0.1, 0.15) is 24.2 Å². The minimum Gasteiger partial charge on any atom is -0.477 e. The molecule has 0 atom stereocenters. The Morgan fingerprint density at radius 2 is 2.21 bits per heavy atom. The van der Waals surface area contributed by atoms with E-state index in [2.05, 4.69) is 9.97 Å². The molecular weight excluding hydrogens is 250 g/mol. The fourth-order valence-electron chi connectivity index (χ4n) is 1.75. The van der Waals surface area contributed by atoms with Crippen molar-refractivity contribution < 1.29 is 14.6 Å². The zero-order chi connectivity index (χ0) is 14.0. The third kappa shape index (κ3) is 2.26. The predicted octanol–water partition coefficient (Wildman–Crippen LogP) is 0.908. The molecule has 7 heteroatoms. The van der Waals surface area contributed by atoms with Gasteiger partial charge in [0.1, 0.15) is 5.56 Å². The van der Waals surface area contributed by atoms with Gasteiger partial charge in [-0.2, -0.15) is 4.98 Å². The molecule has 2 aromatic rings. The van der Waals surface area contributed by atoms with Gasteiger partial charge in [-0.1, -0.05) is 0 Å². The van der Waals surface area contributed by atoms with Crippen molar-refractivity contribution in [2.24, 2.45) is 0 Å². The van der Waals surface area contributed by atoms with Gasteiger partial charge in [0, 0.05) is 18.9 Å². The minimum atomic E-state index is -1.26. The topological polar surface area (TPSA) is 94.3 Å². The highest BCUT2D eigenvalue weighted by Crippen LogP contribution is 2.12. The van der Waals surface area contributed by atoms with Crippen LogP contribution in [0, 0.1) is 0 Å².